The maximum Gasteiger partial charge on any atom is 0.256 e. The Hall–Kier alpha value is -2.57. The first-order valence-corrected chi connectivity index (χ1v) is 12.5. The molecule has 0 aliphatic carbocycles. The molecular formula is C28H30Cl2N2O3. The fraction of sp³-hybridized carbons (Fsp3) is 0.321. The van der Waals surface area contributed by atoms with E-state index in [9.17, 15) is 4.79 Å². The molecule has 1 saturated heterocycles. The number of aryl methyl sites for hydroxylation is 1. The number of hydrogen-bond acceptors (Lipinski definition) is 4. The molecule has 0 spiro atoms. The molecule has 1 aliphatic rings. The minimum absolute atomic E-state index is 0.125. The van der Waals surface area contributed by atoms with E-state index in [0.29, 0.717) is 41.8 Å². The molecule has 7 heteroatoms. The van der Waals surface area contributed by atoms with E-state index in [-0.39, 0.29) is 12.0 Å². The van der Waals surface area contributed by atoms with Crippen molar-refractivity contribution in [3.63, 3.8) is 0 Å². The maximum atomic E-state index is 13.0. The van der Waals surface area contributed by atoms with E-state index in [1.165, 1.54) is 5.56 Å². The molecule has 1 aliphatic heterocycles. The first kappa shape index (κ1) is 25.5. The Labute approximate surface area is 217 Å². The molecule has 0 N–H and O–H groups in total. The highest BCUT2D eigenvalue weighted by Crippen LogP contribution is 2.28. The molecule has 35 heavy (non-hydrogen) atoms. The number of piperazine rings is 1. The van der Waals surface area contributed by atoms with Crippen LogP contribution < -0.4 is 4.74 Å². The lowest BCUT2D eigenvalue weighted by atomic mass is 10.1. The van der Waals surface area contributed by atoms with Crippen molar-refractivity contribution >= 4 is 29.1 Å². The van der Waals surface area contributed by atoms with Crippen molar-refractivity contribution < 1.29 is 14.3 Å². The van der Waals surface area contributed by atoms with Gasteiger partial charge in [-0.1, -0.05) is 71.2 Å². The highest BCUT2D eigenvalue weighted by Gasteiger charge is 2.27. The first-order valence-electron chi connectivity index (χ1n) is 11.7. The average molecular weight is 513 g/mol. The molecule has 3 aromatic rings. The highest BCUT2D eigenvalue weighted by molar-refractivity contribution is 6.39. The van der Waals surface area contributed by atoms with Crippen molar-refractivity contribution in [1.82, 2.24) is 9.80 Å². The molecule has 1 atom stereocenters. The van der Waals surface area contributed by atoms with Gasteiger partial charge in [0.15, 0.2) is 0 Å². The van der Waals surface area contributed by atoms with E-state index >= 15 is 0 Å². The van der Waals surface area contributed by atoms with Crippen LogP contribution in [0.3, 0.4) is 0 Å². The fourth-order valence-electron chi connectivity index (χ4n) is 4.21. The lowest BCUT2D eigenvalue weighted by Crippen LogP contribution is -2.49. The van der Waals surface area contributed by atoms with Crippen LogP contribution in [-0.2, 0) is 11.3 Å². The Morgan fingerprint density at radius 2 is 1.60 bits per heavy atom. The van der Waals surface area contributed by atoms with Gasteiger partial charge in [0.25, 0.3) is 5.91 Å². The lowest BCUT2D eigenvalue weighted by Gasteiger charge is -2.36. The average Bonchev–Trinajstić information content (AvgIpc) is 2.87. The summed E-state index contributed by atoms with van der Waals surface area (Å²) in [7, 11) is 1.67. The molecule has 4 rings (SSSR count). The largest absolute Gasteiger partial charge is 0.497 e. The van der Waals surface area contributed by atoms with Gasteiger partial charge in [0.1, 0.15) is 5.75 Å². The minimum atomic E-state index is -0.133. The normalized spacial score (nSPS) is 15.1. The number of carbonyl (C=O) groups is 1. The van der Waals surface area contributed by atoms with Gasteiger partial charge in [0.05, 0.1) is 35.4 Å². The Morgan fingerprint density at radius 1 is 0.943 bits per heavy atom. The van der Waals surface area contributed by atoms with Crippen LogP contribution in [0.2, 0.25) is 10.0 Å². The second kappa shape index (κ2) is 11.9. The number of rotatable bonds is 8. The summed E-state index contributed by atoms with van der Waals surface area (Å²) in [6.07, 6.45) is -0.133. The molecule has 1 heterocycles. The smallest absolute Gasteiger partial charge is 0.256 e. The highest BCUT2D eigenvalue weighted by atomic mass is 35.5. The molecule has 1 fully saturated rings. The first-order chi connectivity index (χ1) is 16.9. The van der Waals surface area contributed by atoms with E-state index in [1.54, 1.807) is 25.3 Å². The molecule has 0 bridgehead atoms. The number of halogens is 2. The summed E-state index contributed by atoms with van der Waals surface area (Å²) >= 11 is 12.5. The molecule has 3 aromatic carbocycles. The number of benzene rings is 3. The summed E-state index contributed by atoms with van der Waals surface area (Å²) in [6, 6.07) is 21.5. The maximum absolute atomic E-state index is 13.0. The molecule has 0 saturated carbocycles. The van der Waals surface area contributed by atoms with Crippen molar-refractivity contribution in [2.24, 2.45) is 0 Å². The zero-order chi connectivity index (χ0) is 24.8. The summed E-state index contributed by atoms with van der Waals surface area (Å²) in [5, 5.41) is 0.764. The van der Waals surface area contributed by atoms with Crippen LogP contribution in [0.5, 0.6) is 5.75 Å². The van der Waals surface area contributed by atoms with Crippen LogP contribution in [0.4, 0.5) is 0 Å². The third kappa shape index (κ3) is 6.56. The van der Waals surface area contributed by atoms with Gasteiger partial charge in [0.2, 0.25) is 0 Å². The van der Waals surface area contributed by atoms with Crippen LogP contribution in [0.1, 0.15) is 33.2 Å². The number of amides is 1. The molecule has 1 amide bonds. The van der Waals surface area contributed by atoms with Gasteiger partial charge in [-0.25, -0.2) is 0 Å². The minimum Gasteiger partial charge on any atom is -0.497 e. The molecule has 0 unspecified atom stereocenters. The molecule has 0 radical (unpaired) electrons. The number of nitrogens with zero attached hydrogens (tertiary/aromatic N) is 2. The standard InChI is InChI=1S/C28H30Cl2N2O3/c1-20-9-11-21(12-10-20)19-35-26(22-5-3-6-23(17-22)34-2)18-31-13-15-32(16-14-31)28(33)27-24(29)7-4-8-25(27)30/h3-12,17,26H,13-16,18-19H2,1-2H3/t26-/m0/s1. The summed E-state index contributed by atoms with van der Waals surface area (Å²) < 4.78 is 11.9. The molecule has 0 aromatic heterocycles. The van der Waals surface area contributed by atoms with Crippen molar-refractivity contribution in [3.05, 3.63) is 99.0 Å². The van der Waals surface area contributed by atoms with Gasteiger partial charge in [0, 0.05) is 32.7 Å². The van der Waals surface area contributed by atoms with Gasteiger partial charge in [-0.15, -0.1) is 0 Å². The Morgan fingerprint density at radius 3 is 2.26 bits per heavy atom. The van der Waals surface area contributed by atoms with Crippen LogP contribution in [0, 0.1) is 6.92 Å². The van der Waals surface area contributed by atoms with Crippen molar-refractivity contribution in [1.29, 1.82) is 0 Å². The molecule has 184 valence electrons. The lowest BCUT2D eigenvalue weighted by molar-refractivity contribution is 0.00334. The predicted octanol–water partition coefficient (Wildman–Crippen LogP) is 6.03. The number of methoxy groups -OCH3 is 1. The van der Waals surface area contributed by atoms with Gasteiger partial charge in [-0.2, -0.15) is 0 Å². The van der Waals surface area contributed by atoms with Crippen molar-refractivity contribution in [2.75, 3.05) is 39.8 Å². The van der Waals surface area contributed by atoms with Gasteiger partial charge < -0.3 is 14.4 Å². The Kier molecular flexibility index (Phi) is 8.69. The Bertz CT molecular complexity index is 1120. The van der Waals surface area contributed by atoms with Crippen molar-refractivity contribution in [3.8, 4) is 5.75 Å². The third-order valence-electron chi connectivity index (χ3n) is 6.30. The topological polar surface area (TPSA) is 42.0 Å². The van der Waals surface area contributed by atoms with Gasteiger partial charge in [-0.3, -0.25) is 9.69 Å². The van der Waals surface area contributed by atoms with Crippen LogP contribution in [0.15, 0.2) is 66.7 Å². The van der Waals surface area contributed by atoms with Crippen LogP contribution >= 0.6 is 23.2 Å². The quantitative estimate of drug-likeness (QED) is 0.369. The zero-order valence-corrected chi connectivity index (χ0v) is 21.6. The number of carbonyl (C=O) groups excluding carboxylic acids is 1. The van der Waals surface area contributed by atoms with E-state index in [4.69, 9.17) is 32.7 Å². The zero-order valence-electron chi connectivity index (χ0n) is 20.0. The SMILES string of the molecule is COc1cccc([C@H](CN2CCN(C(=O)c3c(Cl)cccc3Cl)CC2)OCc2ccc(C)cc2)c1. The third-order valence-corrected chi connectivity index (χ3v) is 6.93. The fourth-order valence-corrected chi connectivity index (χ4v) is 4.76. The van der Waals surface area contributed by atoms with Crippen molar-refractivity contribution in [2.45, 2.75) is 19.6 Å². The van der Waals surface area contributed by atoms with E-state index < -0.39 is 0 Å². The van der Waals surface area contributed by atoms with Crippen LogP contribution in [-0.4, -0.2) is 55.5 Å². The van der Waals surface area contributed by atoms with Gasteiger partial charge in [-0.05, 0) is 42.3 Å². The summed E-state index contributed by atoms with van der Waals surface area (Å²) in [5.41, 5.74) is 3.80. The summed E-state index contributed by atoms with van der Waals surface area (Å²) in [5.74, 6) is 0.679. The van der Waals surface area contributed by atoms with E-state index in [0.717, 1.165) is 30.0 Å². The van der Waals surface area contributed by atoms with E-state index in [2.05, 4.69) is 42.2 Å². The molecule has 5 nitrogen and oxygen atoms in total. The summed E-state index contributed by atoms with van der Waals surface area (Å²) in [4.78, 5) is 17.2. The summed E-state index contributed by atoms with van der Waals surface area (Å²) in [6.45, 7) is 5.99. The second-order valence-corrected chi connectivity index (χ2v) is 9.57. The predicted molar refractivity (Wildman–Crippen MR) is 141 cm³/mol. The van der Waals surface area contributed by atoms with E-state index in [1.807, 2.05) is 23.1 Å². The number of ether oxygens (including phenoxy) is 2. The Balaban J connectivity index is 1.42. The monoisotopic (exact) mass is 512 g/mol. The second-order valence-electron chi connectivity index (χ2n) is 8.75. The number of hydrogen-bond donors (Lipinski definition) is 0. The van der Waals surface area contributed by atoms with Gasteiger partial charge >= 0.3 is 0 Å². The molecular weight excluding hydrogens is 483 g/mol. The van der Waals surface area contributed by atoms with Crippen LogP contribution in [0.25, 0.3) is 0 Å².